The number of hydrogen-bond acceptors (Lipinski definition) is 11. The van der Waals surface area contributed by atoms with Crippen LogP contribution in [0.1, 0.15) is 36.8 Å². The average molecular weight is 915 g/mol. The predicted molar refractivity (Wildman–Crippen MR) is 232 cm³/mol. The smallest absolute Gasteiger partial charge is 0.263 e. The van der Waals surface area contributed by atoms with E-state index in [1.807, 2.05) is 36.4 Å². The summed E-state index contributed by atoms with van der Waals surface area (Å²) < 4.78 is 54.0. The van der Waals surface area contributed by atoms with Crippen LogP contribution in [0.3, 0.4) is 0 Å². The molecule has 1 N–H and O–H groups in total. The van der Waals surface area contributed by atoms with E-state index >= 15 is 0 Å². The van der Waals surface area contributed by atoms with E-state index in [0.29, 0.717) is 40.9 Å². The summed E-state index contributed by atoms with van der Waals surface area (Å²) in [6, 6.07) is 23.6. The number of sulfonamides is 1. The first-order valence-electron chi connectivity index (χ1n) is 18.9. The summed E-state index contributed by atoms with van der Waals surface area (Å²) in [7, 11) is -2.18. The molecule has 4 aliphatic rings. The zero-order valence-corrected chi connectivity index (χ0v) is 36.1. The first-order chi connectivity index (χ1) is 28.3. The van der Waals surface area contributed by atoms with Gasteiger partial charge < -0.3 is 19.6 Å². The first-order valence-corrected chi connectivity index (χ1v) is 24.3. The van der Waals surface area contributed by atoms with E-state index in [1.54, 1.807) is 34.1 Å². The highest BCUT2D eigenvalue weighted by Gasteiger charge is 2.40. The van der Waals surface area contributed by atoms with E-state index in [1.165, 1.54) is 41.7 Å². The Morgan fingerprint density at radius 1 is 0.644 bits per heavy atom. The Bertz CT molecular complexity index is 2600. The molecule has 13 nitrogen and oxygen atoms in total. The molecular formula is C40H38Cl3N7O6S3. The molecule has 2 amide bonds. The zero-order valence-electron chi connectivity index (χ0n) is 31.4. The second-order valence-electron chi connectivity index (χ2n) is 14.5. The number of amides is 2. The van der Waals surface area contributed by atoms with Crippen molar-refractivity contribution in [3.05, 3.63) is 112 Å². The molecule has 308 valence electrons. The van der Waals surface area contributed by atoms with Gasteiger partial charge in [0.05, 0.1) is 9.79 Å². The number of anilines is 5. The van der Waals surface area contributed by atoms with Crippen LogP contribution < -0.4 is 24.3 Å². The van der Waals surface area contributed by atoms with Gasteiger partial charge in [-0.05, 0) is 135 Å². The van der Waals surface area contributed by atoms with Gasteiger partial charge >= 0.3 is 0 Å². The van der Waals surface area contributed by atoms with Crippen LogP contribution in [0, 0.1) is 0 Å². The van der Waals surface area contributed by atoms with Gasteiger partial charge in [-0.1, -0.05) is 23.2 Å². The SMILES string of the molecule is O=C1[C@@H](N2CCCc3cc(Cl)ccc32)CCN1c1ccc(S(=O)(=O)Cl)cc1.O=C1[C@@H](N2CCCc3cc(Cl)ccc32)CCN1c1ccc(S(=O)(=O)Nc2ncns2)cc1. The van der Waals surface area contributed by atoms with Gasteiger partial charge in [-0.3, -0.25) is 14.3 Å². The summed E-state index contributed by atoms with van der Waals surface area (Å²) in [5.74, 6) is 0.0506. The lowest BCUT2D eigenvalue weighted by molar-refractivity contribution is -0.119. The van der Waals surface area contributed by atoms with Gasteiger partial charge in [0.25, 0.3) is 19.1 Å². The second kappa shape index (κ2) is 16.9. The van der Waals surface area contributed by atoms with E-state index < -0.39 is 19.1 Å². The molecule has 0 aliphatic carbocycles. The summed E-state index contributed by atoms with van der Waals surface area (Å²) in [6.45, 7) is 2.84. The first kappa shape index (κ1) is 41.3. The highest BCUT2D eigenvalue weighted by atomic mass is 35.7. The van der Waals surface area contributed by atoms with Crippen molar-refractivity contribution in [3.8, 4) is 0 Å². The van der Waals surface area contributed by atoms with Gasteiger partial charge in [-0.15, -0.1) is 0 Å². The molecular weight excluding hydrogens is 877 g/mol. The number of aromatic nitrogens is 2. The van der Waals surface area contributed by atoms with Crippen molar-refractivity contribution in [3.63, 3.8) is 0 Å². The Morgan fingerprint density at radius 3 is 1.56 bits per heavy atom. The molecule has 2 atom stereocenters. The van der Waals surface area contributed by atoms with Gasteiger partial charge in [0.2, 0.25) is 16.9 Å². The van der Waals surface area contributed by atoms with Crippen LogP contribution in [0.2, 0.25) is 10.0 Å². The van der Waals surface area contributed by atoms with Gasteiger partial charge in [-0.2, -0.15) is 4.37 Å². The van der Waals surface area contributed by atoms with Crippen LogP contribution in [-0.4, -0.2) is 76.3 Å². The van der Waals surface area contributed by atoms with Crippen molar-refractivity contribution < 1.29 is 26.4 Å². The maximum Gasteiger partial charge on any atom is 0.263 e. The zero-order chi connectivity index (χ0) is 41.5. The monoisotopic (exact) mass is 913 g/mol. The number of halogens is 3. The minimum atomic E-state index is -3.77. The minimum absolute atomic E-state index is 0.0235. The minimum Gasteiger partial charge on any atom is -0.359 e. The molecule has 0 spiro atoms. The Balaban J connectivity index is 0.000000167. The fraction of sp³-hybridized carbons (Fsp3) is 0.300. The third kappa shape index (κ3) is 8.75. The highest BCUT2D eigenvalue weighted by Crippen LogP contribution is 2.37. The van der Waals surface area contributed by atoms with Gasteiger partial charge in [0, 0.05) is 81.2 Å². The van der Waals surface area contributed by atoms with Crippen LogP contribution in [0.4, 0.5) is 27.9 Å². The summed E-state index contributed by atoms with van der Waals surface area (Å²) in [4.78, 5) is 38.1. The maximum absolute atomic E-state index is 13.3. The molecule has 19 heteroatoms. The molecule has 0 unspecified atom stereocenters. The summed E-state index contributed by atoms with van der Waals surface area (Å²) >= 11 is 13.2. The van der Waals surface area contributed by atoms with Crippen LogP contribution in [0.15, 0.2) is 101 Å². The van der Waals surface area contributed by atoms with E-state index in [-0.39, 0.29) is 38.8 Å². The van der Waals surface area contributed by atoms with Gasteiger partial charge in [0.15, 0.2) is 0 Å². The number of aryl methyl sites for hydroxylation is 2. The third-order valence-electron chi connectivity index (χ3n) is 11.0. The molecule has 2 saturated heterocycles. The number of benzene rings is 4. The average Bonchev–Trinajstić information content (AvgIpc) is 3.97. The molecule has 1 aromatic heterocycles. The summed E-state index contributed by atoms with van der Waals surface area (Å²) in [5.41, 5.74) is 5.87. The highest BCUT2D eigenvalue weighted by molar-refractivity contribution is 8.13. The van der Waals surface area contributed by atoms with Crippen molar-refractivity contribution in [2.45, 2.75) is 60.4 Å². The number of hydrogen-bond donors (Lipinski definition) is 1. The van der Waals surface area contributed by atoms with Crippen LogP contribution in [0.25, 0.3) is 0 Å². The molecule has 5 aromatic rings. The lowest BCUT2D eigenvalue weighted by Gasteiger charge is -2.35. The van der Waals surface area contributed by atoms with Crippen LogP contribution in [-0.2, 0) is 41.5 Å². The lowest BCUT2D eigenvalue weighted by Crippen LogP contribution is -2.44. The van der Waals surface area contributed by atoms with E-state index in [4.69, 9.17) is 33.9 Å². The predicted octanol–water partition coefficient (Wildman–Crippen LogP) is 7.38. The summed E-state index contributed by atoms with van der Waals surface area (Å²) in [6.07, 6.45) is 6.60. The number of carbonyl (C=O) groups is 2. The second-order valence-corrected chi connectivity index (χ2v) is 20.4. The normalized spacial score (nSPS) is 19.3. The third-order valence-corrected chi connectivity index (χ3v) is 14.9. The van der Waals surface area contributed by atoms with E-state index in [2.05, 4.69) is 23.9 Å². The molecule has 0 radical (unpaired) electrons. The fourth-order valence-electron chi connectivity index (χ4n) is 8.24. The fourth-order valence-corrected chi connectivity index (χ4v) is 11.1. The van der Waals surface area contributed by atoms with Crippen molar-refractivity contribution >= 4 is 104 Å². The molecule has 4 aliphatic heterocycles. The molecule has 2 fully saturated rings. The number of carbonyl (C=O) groups excluding carboxylic acids is 2. The van der Waals surface area contributed by atoms with Crippen molar-refractivity contribution in [1.29, 1.82) is 0 Å². The largest absolute Gasteiger partial charge is 0.359 e. The topological polar surface area (TPSA) is 153 Å². The standard InChI is InChI=1S/C21H20ClN5O3S2.C19H18Cl2N2O3S/c22-15-3-8-18-14(12-15)2-1-10-27(18)19-9-11-26(20(19)28)16-4-6-17(7-5-16)32(29,30)25-21-23-13-24-31-21;20-14-3-8-17-13(12-14)2-1-10-23(17)18-9-11-22(19(18)24)15-4-6-16(7-5-15)27(21,25)26/h3-8,12-13,19H,1-2,9-11H2,(H,23,24,25);3-8,12,18H,1-2,9-11H2/t19-;18-/m00/s1. The molecule has 59 heavy (non-hydrogen) atoms. The van der Waals surface area contributed by atoms with Crippen molar-refractivity contribution in [1.82, 2.24) is 9.36 Å². The van der Waals surface area contributed by atoms with Crippen LogP contribution >= 0.6 is 45.4 Å². The van der Waals surface area contributed by atoms with Crippen molar-refractivity contribution in [2.24, 2.45) is 0 Å². The Kier molecular flexibility index (Phi) is 11.8. The number of nitrogens with zero attached hydrogens (tertiary/aromatic N) is 6. The quantitative estimate of drug-likeness (QED) is 0.156. The molecule has 4 aromatic carbocycles. The lowest BCUT2D eigenvalue weighted by atomic mass is 9.99. The Hall–Kier alpha value is -4.45. The molecule has 9 rings (SSSR count). The van der Waals surface area contributed by atoms with E-state index in [9.17, 15) is 26.4 Å². The van der Waals surface area contributed by atoms with E-state index in [0.717, 1.165) is 68.1 Å². The molecule has 0 saturated carbocycles. The molecule has 5 heterocycles. The number of fused-ring (bicyclic) bond motifs is 2. The van der Waals surface area contributed by atoms with Crippen LogP contribution in [0.5, 0.6) is 0 Å². The Morgan fingerprint density at radius 2 is 1.12 bits per heavy atom. The summed E-state index contributed by atoms with van der Waals surface area (Å²) in [5, 5.41) is 1.62. The van der Waals surface area contributed by atoms with Gasteiger partial charge in [-0.25, -0.2) is 21.8 Å². The molecule has 0 bridgehead atoms. The van der Waals surface area contributed by atoms with Crippen molar-refractivity contribution in [2.75, 3.05) is 50.5 Å². The number of rotatable bonds is 8. The maximum atomic E-state index is 13.3. The number of nitrogens with one attached hydrogen (secondary N) is 1. The van der Waals surface area contributed by atoms with Gasteiger partial charge in [0.1, 0.15) is 18.4 Å². The Labute approximate surface area is 361 Å².